The van der Waals surface area contributed by atoms with E-state index in [1.54, 1.807) is 4.90 Å². The van der Waals surface area contributed by atoms with Gasteiger partial charge in [0, 0.05) is 25.6 Å². The van der Waals surface area contributed by atoms with Crippen LogP contribution in [-0.2, 0) is 4.79 Å². The molecule has 1 atom stereocenters. The Bertz CT molecular complexity index is 607. The fraction of sp³-hybridized carbons (Fsp3) is 0.632. The third kappa shape index (κ3) is 5.69. The van der Waals surface area contributed by atoms with Crippen LogP contribution in [0.25, 0.3) is 0 Å². The number of hydrogen-bond donors (Lipinski definition) is 2. The standard InChI is InChI=1S/C19H27F2N3O.2ClH/c20-15-5-4-6-16(21)18(15)24-10-7-14(12-24)23-17(25)11-19(13-22)8-2-1-3-9-19;;/h4-6,14H,1-3,7-13,22H2,(H,23,25);2*1H. The maximum Gasteiger partial charge on any atom is 0.220 e. The highest BCUT2D eigenvalue weighted by Crippen LogP contribution is 2.38. The van der Waals surface area contributed by atoms with Crippen LogP contribution in [-0.4, -0.2) is 31.6 Å². The minimum absolute atomic E-state index is 0. The lowest BCUT2D eigenvalue weighted by molar-refractivity contribution is -0.124. The van der Waals surface area contributed by atoms with Crippen LogP contribution in [0.2, 0.25) is 0 Å². The summed E-state index contributed by atoms with van der Waals surface area (Å²) in [5.41, 5.74) is 5.89. The van der Waals surface area contributed by atoms with Crippen molar-refractivity contribution >= 4 is 36.4 Å². The van der Waals surface area contributed by atoms with Crippen molar-refractivity contribution in [3.05, 3.63) is 29.8 Å². The second-order valence-electron chi connectivity index (χ2n) is 7.51. The topological polar surface area (TPSA) is 58.4 Å². The van der Waals surface area contributed by atoms with Gasteiger partial charge in [0.15, 0.2) is 0 Å². The highest BCUT2D eigenvalue weighted by atomic mass is 35.5. The Labute approximate surface area is 172 Å². The smallest absolute Gasteiger partial charge is 0.220 e. The van der Waals surface area contributed by atoms with Gasteiger partial charge in [-0.05, 0) is 43.4 Å². The van der Waals surface area contributed by atoms with Crippen molar-refractivity contribution in [1.82, 2.24) is 5.32 Å². The zero-order chi connectivity index (χ0) is 17.9. The van der Waals surface area contributed by atoms with Crippen molar-refractivity contribution < 1.29 is 13.6 Å². The highest BCUT2D eigenvalue weighted by molar-refractivity contribution is 5.85. The molecule has 27 heavy (non-hydrogen) atoms. The minimum Gasteiger partial charge on any atom is -0.365 e. The molecule has 1 aromatic rings. The molecular formula is C19H29Cl2F2N3O. The number of benzene rings is 1. The molecule has 3 rings (SSSR count). The molecule has 2 fully saturated rings. The molecule has 0 aromatic heterocycles. The first-order valence-corrected chi connectivity index (χ1v) is 9.21. The Hall–Kier alpha value is -1.11. The number of rotatable bonds is 5. The fourth-order valence-electron chi connectivity index (χ4n) is 4.25. The normalized spacial score (nSPS) is 21.1. The second kappa shape index (κ2) is 10.4. The van der Waals surface area contributed by atoms with E-state index in [0.717, 1.165) is 25.7 Å². The monoisotopic (exact) mass is 423 g/mol. The first kappa shape index (κ1) is 23.9. The van der Waals surface area contributed by atoms with E-state index in [2.05, 4.69) is 5.32 Å². The van der Waals surface area contributed by atoms with Gasteiger partial charge in [0.1, 0.15) is 17.3 Å². The van der Waals surface area contributed by atoms with Crippen LogP contribution in [0.1, 0.15) is 44.9 Å². The van der Waals surface area contributed by atoms with Gasteiger partial charge in [0.25, 0.3) is 0 Å². The van der Waals surface area contributed by atoms with Crippen molar-refractivity contribution in [1.29, 1.82) is 0 Å². The second-order valence-corrected chi connectivity index (χ2v) is 7.51. The Balaban J connectivity index is 0.00000182. The molecule has 2 aliphatic rings. The molecule has 8 heteroatoms. The van der Waals surface area contributed by atoms with E-state index in [-0.39, 0.29) is 47.9 Å². The van der Waals surface area contributed by atoms with E-state index >= 15 is 0 Å². The molecule has 0 radical (unpaired) electrons. The van der Waals surface area contributed by atoms with Gasteiger partial charge in [0.05, 0.1) is 0 Å². The quantitative estimate of drug-likeness (QED) is 0.756. The van der Waals surface area contributed by atoms with Crippen molar-refractivity contribution in [2.75, 3.05) is 24.5 Å². The summed E-state index contributed by atoms with van der Waals surface area (Å²) in [5, 5.41) is 3.04. The number of para-hydroxylation sites is 1. The third-order valence-corrected chi connectivity index (χ3v) is 5.69. The van der Waals surface area contributed by atoms with Crippen LogP contribution in [0.4, 0.5) is 14.5 Å². The van der Waals surface area contributed by atoms with Gasteiger partial charge in [-0.3, -0.25) is 4.79 Å². The average Bonchev–Trinajstić information content (AvgIpc) is 3.03. The Morgan fingerprint density at radius 2 is 1.81 bits per heavy atom. The number of nitrogens with one attached hydrogen (secondary N) is 1. The van der Waals surface area contributed by atoms with E-state index in [9.17, 15) is 13.6 Å². The molecule has 1 amide bonds. The van der Waals surface area contributed by atoms with E-state index in [1.165, 1.54) is 24.6 Å². The van der Waals surface area contributed by atoms with Gasteiger partial charge >= 0.3 is 0 Å². The van der Waals surface area contributed by atoms with Crippen LogP contribution in [0.3, 0.4) is 0 Å². The van der Waals surface area contributed by atoms with E-state index in [0.29, 0.717) is 32.5 Å². The first-order valence-electron chi connectivity index (χ1n) is 9.21. The molecule has 1 saturated heterocycles. The number of anilines is 1. The summed E-state index contributed by atoms with van der Waals surface area (Å²) < 4.78 is 27.8. The summed E-state index contributed by atoms with van der Waals surface area (Å²) in [5.74, 6) is -1.11. The molecule has 4 nitrogen and oxygen atoms in total. The van der Waals surface area contributed by atoms with Crippen LogP contribution < -0.4 is 16.0 Å². The lowest BCUT2D eigenvalue weighted by atomic mass is 9.71. The van der Waals surface area contributed by atoms with Crippen LogP contribution >= 0.6 is 24.8 Å². The lowest BCUT2D eigenvalue weighted by Crippen LogP contribution is -2.42. The van der Waals surface area contributed by atoms with Gasteiger partial charge < -0.3 is 16.0 Å². The maximum atomic E-state index is 13.9. The number of nitrogens with two attached hydrogens (primary N) is 1. The molecule has 1 heterocycles. The van der Waals surface area contributed by atoms with Gasteiger partial charge in [0.2, 0.25) is 5.91 Å². The maximum absolute atomic E-state index is 13.9. The van der Waals surface area contributed by atoms with Crippen molar-refractivity contribution in [3.8, 4) is 0 Å². The van der Waals surface area contributed by atoms with Gasteiger partial charge in [-0.1, -0.05) is 25.3 Å². The van der Waals surface area contributed by atoms with Crippen molar-refractivity contribution in [3.63, 3.8) is 0 Å². The van der Waals surface area contributed by atoms with E-state index < -0.39 is 11.6 Å². The number of amides is 1. The number of nitrogens with zero attached hydrogens (tertiary/aromatic N) is 1. The largest absolute Gasteiger partial charge is 0.365 e. The predicted octanol–water partition coefficient (Wildman–Crippen LogP) is 3.80. The fourth-order valence-corrected chi connectivity index (χ4v) is 4.25. The average molecular weight is 424 g/mol. The molecule has 1 aromatic carbocycles. The highest BCUT2D eigenvalue weighted by Gasteiger charge is 2.34. The van der Waals surface area contributed by atoms with E-state index in [4.69, 9.17) is 5.73 Å². The van der Waals surface area contributed by atoms with Gasteiger partial charge in [-0.15, -0.1) is 24.8 Å². The van der Waals surface area contributed by atoms with Crippen LogP contribution in [0.15, 0.2) is 18.2 Å². The SMILES string of the molecule is Cl.Cl.NCC1(CC(=O)NC2CCN(c3c(F)cccc3F)C2)CCCCC1. The number of halogens is 4. The molecule has 0 bridgehead atoms. The molecule has 0 spiro atoms. The molecule has 3 N–H and O–H groups in total. The van der Waals surface area contributed by atoms with Crippen molar-refractivity contribution in [2.45, 2.75) is 51.0 Å². The lowest BCUT2D eigenvalue weighted by Gasteiger charge is -2.36. The molecule has 1 aliphatic carbocycles. The van der Waals surface area contributed by atoms with Crippen LogP contribution in [0, 0.1) is 17.0 Å². The summed E-state index contributed by atoms with van der Waals surface area (Å²) in [4.78, 5) is 14.2. The predicted molar refractivity (Wildman–Crippen MR) is 109 cm³/mol. The molecule has 154 valence electrons. The Morgan fingerprint density at radius 1 is 1.19 bits per heavy atom. The summed E-state index contributed by atoms with van der Waals surface area (Å²) in [6.07, 6.45) is 6.64. The van der Waals surface area contributed by atoms with Gasteiger partial charge in [-0.25, -0.2) is 8.78 Å². The van der Waals surface area contributed by atoms with Crippen LogP contribution in [0.5, 0.6) is 0 Å². The van der Waals surface area contributed by atoms with Crippen molar-refractivity contribution in [2.24, 2.45) is 11.1 Å². The zero-order valence-electron chi connectivity index (χ0n) is 15.4. The number of carbonyl (C=O) groups is 1. The zero-order valence-corrected chi connectivity index (χ0v) is 17.0. The Kier molecular flexibility index (Phi) is 9.25. The third-order valence-electron chi connectivity index (χ3n) is 5.69. The van der Waals surface area contributed by atoms with E-state index in [1.807, 2.05) is 0 Å². The molecule has 1 aliphatic heterocycles. The van der Waals surface area contributed by atoms with Gasteiger partial charge in [-0.2, -0.15) is 0 Å². The summed E-state index contributed by atoms with van der Waals surface area (Å²) in [7, 11) is 0. The number of carbonyl (C=O) groups excluding carboxylic acids is 1. The number of hydrogen-bond acceptors (Lipinski definition) is 3. The minimum atomic E-state index is -0.559. The first-order chi connectivity index (χ1) is 12.0. The summed E-state index contributed by atoms with van der Waals surface area (Å²) in [6, 6.07) is 3.81. The Morgan fingerprint density at radius 3 is 2.41 bits per heavy atom. The molecular weight excluding hydrogens is 395 g/mol. The summed E-state index contributed by atoms with van der Waals surface area (Å²) >= 11 is 0. The molecule has 1 saturated carbocycles. The summed E-state index contributed by atoms with van der Waals surface area (Å²) in [6.45, 7) is 1.50. The molecule has 1 unspecified atom stereocenters.